The normalized spacial score (nSPS) is 17.0. The van der Waals surface area contributed by atoms with Gasteiger partial charge in [-0.25, -0.2) is 9.78 Å². The lowest BCUT2D eigenvalue weighted by Crippen LogP contribution is -2.20. The second-order valence-electron chi connectivity index (χ2n) is 3.93. The summed E-state index contributed by atoms with van der Waals surface area (Å²) in [6.07, 6.45) is 8.44. The molecule has 1 saturated carbocycles. The lowest BCUT2D eigenvalue weighted by Gasteiger charge is -2.22. The number of carboxylic acids is 1. The fourth-order valence-corrected chi connectivity index (χ4v) is 1.86. The molecule has 5 heteroatoms. The first-order chi connectivity index (χ1) is 7.75. The Morgan fingerprint density at radius 3 is 2.75 bits per heavy atom. The predicted octanol–water partition coefficient (Wildman–Crippen LogP) is 1.89. The van der Waals surface area contributed by atoms with Crippen LogP contribution in [-0.2, 0) is 0 Å². The third-order valence-corrected chi connectivity index (χ3v) is 2.67. The molecule has 0 aromatic carbocycles. The van der Waals surface area contributed by atoms with Crippen LogP contribution in [0.2, 0.25) is 0 Å². The Bertz CT molecular complexity index is 375. The summed E-state index contributed by atoms with van der Waals surface area (Å²) in [6, 6.07) is 0. The molecule has 0 spiro atoms. The van der Waals surface area contributed by atoms with Gasteiger partial charge in [0.05, 0.1) is 12.4 Å². The largest absolute Gasteiger partial charge is 0.476 e. The van der Waals surface area contributed by atoms with Crippen molar-refractivity contribution in [2.24, 2.45) is 0 Å². The van der Waals surface area contributed by atoms with Gasteiger partial charge in [0.2, 0.25) is 5.88 Å². The lowest BCUT2D eigenvalue weighted by molar-refractivity contribution is 0.0686. The van der Waals surface area contributed by atoms with Crippen molar-refractivity contribution in [3.05, 3.63) is 18.1 Å². The zero-order valence-corrected chi connectivity index (χ0v) is 8.93. The number of hydrogen-bond donors (Lipinski definition) is 1. The Hall–Kier alpha value is -1.65. The summed E-state index contributed by atoms with van der Waals surface area (Å²) in [7, 11) is 0. The summed E-state index contributed by atoms with van der Waals surface area (Å²) in [4.78, 5) is 18.4. The molecule has 0 saturated heterocycles. The fraction of sp³-hybridized carbons (Fsp3) is 0.545. The van der Waals surface area contributed by atoms with E-state index < -0.39 is 5.97 Å². The van der Waals surface area contributed by atoms with Crippen LogP contribution in [0.25, 0.3) is 0 Å². The fourth-order valence-electron chi connectivity index (χ4n) is 1.86. The maximum atomic E-state index is 10.7. The molecule has 0 unspecified atom stereocenters. The first kappa shape index (κ1) is 10.9. The molecule has 0 radical (unpaired) electrons. The first-order valence-corrected chi connectivity index (χ1v) is 5.48. The quantitative estimate of drug-likeness (QED) is 0.845. The highest BCUT2D eigenvalue weighted by atomic mass is 16.5. The third kappa shape index (κ3) is 2.68. The molecule has 1 aliphatic rings. The maximum Gasteiger partial charge on any atom is 0.356 e. The van der Waals surface area contributed by atoms with Crippen LogP contribution in [-0.4, -0.2) is 27.1 Å². The van der Waals surface area contributed by atoms with Crippen LogP contribution in [0.15, 0.2) is 12.4 Å². The van der Waals surface area contributed by atoms with Crippen molar-refractivity contribution < 1.29 is 14.6 Å². The van der Waals surface area contributed by atoms with Crippen molar-refractivity contribution in [3.63, 3.8) is 0 Å². The van der Waals surface area contributed by atoms with E-state index in [-0.39, 0.29) is 11.8 Å². The highest BCUT2D eigenvalue weighted by Gasteiger charge is 2.16. The highest BCUT2D eigenvalue weighted by Crippen LogP contribution is 2.21. The van der Waals surface area contributed by atoms with Gasteiger partial charge < -0.3 is 9.84 Å². The summed E-state index contributed by atoms with van der Waals surface area (Å²) in [5.74, 6) is -0.770. The number of nitrogens with zero attached hydrogens (tertiary/aromatic N) is 2. The van der Waals surface area contributed by atoms with E-state index in [9.17, 15) is 4.79 Å². The third-order valence-electron chi connectivity index (χ3n) is 2.67. The molecule has 0 atom stereocenters. The van der Waals surface area contributed by atoms with Crippen molar-refractivity contribution in [2.45, 2.75) is 38.2 Å². The average Bonchev–Trinajstić information content (AvgIpc) is 2.30. The molecule has 5 nitrogen and oxygen atoms in total. The molecule has 0 bridgehead atoms. The molecule has 1 aromatic rings. The van der Waals surface area contributed by atoms with Crippen molar-refractivity contribution in [1.29, 1.82) is 0 Å². The van der Waals surface area contributed by atoms with E-state index in [4.69, 9.17) is 9.84 Å². The van der Waals surface area contributed by atoms with E-state index in [2.05, 4.69) is 9.97 Å². The van der Waals surface area contributed by atoms with Crippen molar-refractivity contribution in [1.82, 2.24) is 9.97 Å². The van der Waals surface area contributed by atoms with Gasteiger partial charge in [0, 0.05) is 0 Å². The van der Waals surface area contributed by atoms with Gasteiger partial charge in [-0.15, -0.1) is 0 Å². The minimum atomic E-state index is -1.08. The number of hydrogen-bond acceptors (Lipinski definition) is 4. The van der Waals surface area contributed by atoms with Crippen LogP contribution in [0.5, 0.6) is 5.88 Å². The van der Waals surface area contributed by atoms with Crippen LogP contribution in [0.4, 0.5) is 0 Å². The highest BCUT2D eigenvalue weighted by molar-refractivity contribution is 5.84. The second-order valence-corrected chi connectivity index (χ2v) is 3.93. The SMILES string of the molecule is O=C(O)c1cncc(OC2CCCCC2)n1. The number of ether oxygens (including phenoxy) is 1. The molecule has 1 heterocycles. The second kappa shape index (κ2) is 4.92. The Morgan fingerprint density at radius 1 is 1.31 bits per heavy atom. The van der Waals surface area contributed by atoms with Gasteiger partial charge in [-0.2, -0.15) is 0 Å². The molecule has 1 aliphatic carbocycles. The van der Waals surface area contributed by atoms with Crippen LogP contribution in [0.3, 0.4) is 0 Å². The summed E-state index contributed by atoms with van der Waals surface area (Å²) in [5, 5.41) is 8.76. The monoisotopic (exact) mass is 222 g/mol. The van der Waals surface area contributed by atoms with Gasteiger partial charge in [0.25, 0.3) is 0 Å². The molecule has 2 rings (SSSR count). The number of aromatic carboxylic acids is 1. The average molecular weight is 222 g/mol. The van der Waals surface area contributed by atoms with Gasteiger partial charge >= 0.3 is 5.97 Å². The Morgan fingerprint density at radius 2 is 2.06 bits per heavy atom. The minimum absolute atomic E-state index is 0.0756. The Kier molecular flexibility index (Phi) is 3.34. The lowest BCUT2D eigenvalue weighted by atomic mass is 9.98. The first-order valence-electron chi connectivity index (χ1n) is 5.48. The van der Waals surface area contributed by atoms with Crippen LogP contribution in [0.1, 0.15) is 42.6 Å². The smallest absolute Gasteiger partial charge is 0.356 e. The molecule has 0 amide bonds. The Labute approximate surface area is 93.5 Å². The molecule has 16 heavy (non-hydrogen) atoms. The van der Waals surface area contributed by atoms with Crippen LogP contribution in [0, 0.1) is 0 Å². The molecule has 0 aliphatic heterocycles. The van der Waals surface area contributed by atoms with Gasteiger partial charge in [0.15, 0.2) is 5.69 Å². The van der Waals surface area contributed by atoms with Gasteiger partial charge in [-0.3, -0.25) is 4.98 Å². The van der Waals surface area contributed by atoms with E-state index in [0.29, 0.717) is 5.88 Å². The van der Waals surface area contributed by atoms with Gasteiger partial charge in [0.1, 0.15) is 6.10 Å². The number of carboxylic acid groups (broad SMARTS) is 1. The van der Waals surface area contributed by atoms with Crippen molar-refractivity contribution in [2.75, 3.05) is 0 Å². The number of aromatic nitrogens is 2. The van der Waals surface area contributed by atoms with Crippen molar-refractivity contribution >= 4 is 5.97 Å². The molecular formula is C11H14N2O3. The zero-order chi connectivity index (χ0) is 11.4. The summed E-state index contributed by atoms with van der Waals surface area (Å²) in [6.45, 7) is 0. The van der Waals surface area contributed by atoms with E-state index in [1.54, 1.807) is 0 Å². The van der Waals surface area contributed by atoms with E-state index >= 15 is 0 Å². The maximum absolute atomic E-state index is 10.7. The van der Waals surface area contributed by atoms with Gasteiger partial charge in [-0.05, 0) is 25.7 Å². The van der Waals surface area contributed by atoms with Crippen molar-refractivity contribution in [3.8, 4) is 5.88 Å². The molecule has 86 valence electrons. The van der Waals surface area contributed by atoms with Crippen LogP contribution < -0.4 is 4.74 Å². The van der Waals surface area contributed by atoms with E-state index in [1.165, 1.54) is 18.8 Å². The summed E-state index contributed by atoms with van der Waals surface area (Å²) in [5.41, 5.74) is -0.0756. The number of carbonyl (C=O) groups is 1. The minimum Gasteiger partial charge on any atom is -0.476 e. The molecule has 1 fully saturated rings. The molecule has 1 N–H and O–H groups in total. The molecular weight excluding hydrogens is 208 g/mol. The van der Waals surface area contributed by atoms with E-state index in [1.807, 2.05) is 0 Å². The number of rotatable bonds is 3. The standard InChI is InChI=1S/C11H14N2O3/c14-11(15)9-6-12-7-10(13-9)16-8-4-2-1-3-5-8/h6-8H,1-5H2,(H,14,15). The predicted molar refractivity (Wildman–Crippen MR) is 56.5 cm³/mol. The van der Waals surface area contributed by atoms with Gasteiger partial charge in [-0.1, -0.05) is 6.42 Å². The summed E-state index contributed by atoms with van der Waals surface area (Å²) < 4.78 is 5.61. The topological polar surface area (TPSA) is 72.3 Å². The molecule has 1 aromatic heterocycles. The Balaban J connectivity index is 2.02. The summed E-state index contributed by atoms with van der Waals surface area (Å²) >= 11 is 0. The van der Waals surface area contributed by atoms with E-state index in [0.717, 1.165) is 25.7 Å². The van der Waals surface area contributed by atoms with Crippen LogP contribution >= 0.6 is 0 Å². The zero-order valence-electron chi connectivity index (χ0n) is 8.93.